The Balaban J connectivity index is 1.07. The van der Waals surface area contributed by atoms with Crippen molar-refractivity contribution in [3.05, 3.63) is 265 Å². The van der Waals surface area contributed by atoms with E-state index in [2.05, 4.69) is 243 Å². The van der Waals surface area contributed by atoms with E-state index in [9.17, 15) is 0 Å². The SMILES string of the molecule is c1ccc(-c2c3ccccc3c(-c3ccc4c(c3)C3(c5ccccc5-4)c4ccccc4-c4ccc(-c5c6ccccc6c(-c6ccccc6)c6ccccc56)cc43)c3ccccc23)cc1. The predicted octanol–water partition coefficient (Wildman–Crippen LogP) is 17.3. The van der Waals surface area contributed by atoms with Gasteiger partial charge in [-0.25, -0.2) is 0 Å². The van der Waals surface area contributed by atoms with E-state index >= 15 is 0 Å². The summed E-state index contributed by atoms with van der Waals surface area (Å²) in [6, 6.07) is 91.0. The minimum atomic E-state index is -0.533. The molecule has 0 saturated heterocycles. The monoisotopic (exact) mass is 820 g/mol. The standard InChI is InChI=1S/C65H40/c1-3-19-41(20-4-1)61-49-25-7-11-29-53(49)63(54-30-12-8-26-50(54)61)43-35-37-47-45-23-15-17-33-57(45)65(59(47)39-43)58-34-18-16-24-46(58)48-38-36-44(40-60(48)65)64-55-31-13-9-27-51(55)62(42-21-5-2-6-22-42)52-28-10-14-32-56(52)64/h1-40H. The molecule has 14 rings (SSSR count). The van der Waals surface area contributed by atoms with Gasteiger partial charge in [0, 0.05) is 0 Å². The van der Waals surface area contributed by atoms with Crippen LogP contribution in [0.1, 0.15) is 22.3 Å². The van der Waals surface area contributed by atoms with Gasteiger partial charge in [-0.1, -0.05) is 231 Å². The summed E-state index contributed by atoms with van der Waals surface area (Å²) >= 11 is 0. The van der Waals surface area contributed by atoms with Gasteiger partial charge in [0.15, 0.2) is 0 Å². The minimum absolute atomic E-state index is 0.533. The predicted molar refractivity (Wildman–Crippen MR) is 275 cm³/mol. The van der Waals surface area contributed by atoms with Gasteiger partial charge >= 0.3 is 0 Å². The minimum Gasteiger partial charge on any atom is -0.0622 e. The quantitative estimate of drug-likeness (QED) is 0.155. The van der Waals surface area contributed by atoms with Crippen molar-refractivity contribution in [3.8, 4) is 66.8 Å². The smallest absolute Gasteiger partial charge is 0.0622 e. The molecular weight excluding hydrogens is 781 g/mol. The molecule has 0 atom stereocenters. The molecule has 0 bridgehead atoms. The molecule has 65 heavy (non-hydrogen) atoms. The van der Waals surface area contributed by atoms with Crippen molar-refractivity contribution < 1.29 is 0 Å². The molecule has 0 nitrogen and oxygen atoms in total. The molecule has 0 radical (unpaired) electrons. The van der Waals surface area contributed by atoms with E-state index in [4.69, 9.17) is 0 Å². The van der Waals surface area contributed by atoms with Crippen molar-refractivity contribution in [2.75, 3.05) is 0 Å². The molecule has 2 aliphatic carbocycles. The lowest BCUT2D eigenvalue weighted by Crippen LogP contribution is -2.26. The van der Waals surface area contributed by atoms with Crippen molar-refractivity contribution >= 4 is 43.1 Å². The lowest BCUT2D eigenvalue weighted by molar-refractivity contribution is 0.794. The second-order valence-corrected chi connectivity index (χ2v) is 17.8. The van der Waals surface area contributed by atoms with Gasteiger partial charge in [-0.05, 0) is 144 Å². The molecule has 0 saturated carbocycles. The van der Waals surface area contributed by atoms with E-state index in [-0.39, 0.29) is 0 Å². The van der Waals surface area contributed by atoms with Gasteiger partial charge in [-0.15, -0.1) is 0 Å². The fourth-order valence-corrected chi connectivity index (χ4v) is 12.2. The van der Waals surface area contributed by atoms with E-state index in [1.165, 1.54) is 132 Å². The Morgan fingerprint density at radius 2 is 0.446 bits per heavy atom. The first-order chi connectivity index (χ1) is 32.3. The van der Waals surface area contributed by atoms with Crippen LogP contribution in [0.4, 0.5) is 0 Å². The lowest BCUT2D eigenvalue weighted by Gasteiger charge is -2.31. The van der Waals surface area contributed by atoms with Gasteiger partial charge in [0.2, 0.25) is 0 Å². The summed E-state index contributed by atoms with van der Waals surface area (Å²) in [7, 11) is 0. The first-order valence-electron chi connectivity index (χ1n) is 22.8. The van der Waals surface area contributed by atoms with E-state index < -0.39 is 5.41 Å². The van der Waals surface area contributed by atoms with Crippen molar-refractivity contribution in [1.82, 2.24) is 0 Å². The zero-order valence-electron chi connectivity index (χ0n) is 35.6. The molecule has 12 aromatic rings. The van der Waals surface area contributed by atoms with Crippen molar-refractivity contribution in [2.24, 2.45) is 0 Å². The third-order valence-electron chi connectivity index (χ3n) is 14.7. The lowest BCUT2D eigenvalue weighted by atomic mass is 9.69. The third kappa shape index (κ3) is 4.97. The van der Waals surface area contributed by atoms with E-state index in [0.717, 1.165) is 0 Å². The number of benzene rings is 12. The Bertz CT molecular complexity index is 3560. The third-order valence-corrected chi connectivity index (χ3v) is 14.7. The Hall–Kier alpha value is -8.32. The van der Waals surface area contributed by atoms with Crippen LogP contribution in [0.25, 0.3) is 110 Å². The van der Waals surface area contributed by atoms with Gasteiger partial charge in [0.1, 0.15) is 0 Å². The molecule has 0 unspecified atom stereocenters. The molecule has 1 spiro atoms. The Kier molecular flexibility index (Phi) is 7.71. The van der Waals surface area contributed by atoms with E-state index in [1.807, 2.05) is 0 Å². The van der Waals surface area contributed by atoms with Gasteiger partial charge in [0.05, 0.1) is 5.41 Å². The topological polar surface area (TPSA) is 0 Å². The summed E-state index contributed by atoms with van der Waals surface area (Å²) in [5, 5.41) is 10.1. The van der Waals surface area contributed by atoms with Crippen LogP contribution in [0, 0.1) is 0 Å². The molecule has 0 aromatic heterocycles. The molecule has 0 heterocycles. The maximum absolute atomic E-state index is 2.56. The molecule has 0 N–H and O–H groups in total. The highest BCUT2D eigenvalue weighted by molar-refractivity contribution is 6.23. The van der Waals surface area contributed by atoms with Crippen molar-refractivity contribution in [2.45, 2.75) is 5.41 Å². The van der Waals surface area contributed by atoms with Crippen LogP contribution in [0.15, 0.2) is 243 Å². The zero-order chi connectivity index (χ0) is 42.6. The highest BCUT2D eigenvalue weighted by Crippen LogP contribution is 2.64. The van der Waals surface area contributed by atoms with Crippen LogP contribution in [-0.2, 0) is 5.41 Å². The molecular formula is C65H40. The van der Waals surface area contributed by atoms with Gasteiger partial charge in [-0.2, -0.15) is 0 Å². The number of fused-ring (bicyclic) bond motifs is 14. The van der Waals surface area contributed by atoms with Crippen LogP contribution < -0.4 is 0 Å². The first-order valence-corrected chi connectivity index (χ1v) is 22.8. The zero-order valence-corrected chi connectivity index (χ0v) is 35.6. The first kappa shape index (κ1) is 36.2. The largest absolute Gasteiger partial charge is 0.0725 e. The van der Waals surface area contributed by atoms with Gasteiger partial charge in [0.25, 0.3) is 0 Å². The normalized spacial score (nSPS) is 13.0. The maximum atomic E-state index is 2.56. The van der Waals surface area contributed by atoms with Crippen LogP contribution in [0.2, 0.25) is 0 Å². The molecule has 2 aliphatic rings. The summed E-state index contributed by atoms with van der Waals surface area (Å²) in [5.41, 5.74) is 20.1. The molecule has 0 aliphatic heterocycles. The fraction of sp³-hybridized carbons (Fsp3) is 0.0154. The van der Waals surface area contributed by atoms with Crippen LogP contribution in [0.5, 0.6) is 0 Å². The molecule has 0 heteroatoms. The van der Waals surface area contributed by atoms with Crippen molar-refractivity contribution in [3.63, 3.8) is 0 Å². The molecule has 0 fully saturated rings. The van der Waals surface area contributed by atoms with Crippen LogP contribution >= 0.6 is 0 Å². The average molecular weight is 821 g/mol. The maximum Gasteiger partial charge on any atom is 0.0725 e. The van der Waals surface area contributed by atoms with Gasteiger partial charge < -0.3 is 0 Å². The molecule has 12 aromatic carbocycles. The second-order valence-electron chi connectivity index (χ2n) is 17.8. The number of hydrogen-bond donors (Lipinski definition) is 0. The number of hydrogen-bond acceptors (Lipinski definition) is 0. The Morgan fingerprint density at radius 1 is 0.185 bits per heavy atom. The van der Waals surface area contributed by atoms with E-state index in [0.29, 0.717) is 0 Å². The summed E-state index contributed by atoms with van der Waals surface area (Å²) in [6.45, 7) is 0. The summed E-state index contributed by atoms with van der Waals surface area (Å²) in [5.74, 6) is 0. The molecule has 0 amide bonds. The average Bonchev–Trinajstić information content (AvgIpc) is 3.84. The summed E-state index contributed by atoms with van der Waals surface area (Å²) < 4.78 is 0. The Labute approximate surface area is 378 Å². The summed E-state index contributed by atoms with van der Waals surface area (Å²) in [4.78, 5) is 0. The van der Waals surface area contributed by atoms with Crippen LogP contribution in [0.3, 0.4) is 0 Å². The Morgan fingerprint density at radius 3 is 0.785 bits per heavy atom. The van der Waals surface area contributed by atoms with E-state index in [1.54, 1.807) is 0 Å². The highest BCUT2D eigenvalue weighted by atomic mass is 14.5. The van der Waals surface area contributed by atoms with Crippen molar-refractivity contribution in [1.29, 1.82) is 0 Å². The highest BCUT2D eigenvalue weighted by Gasteiger charge is 2.52. The fourth-order valence-electron chi connectivity index (χ4n) is 12.2. The molecule has 300 valence electrons. The number of rotatable bonds is 4. The summed E-state index contributed by atoms with van der Waals surface area (Å²) in [6.07, 6.45) is 0. The second kappa shape index (κ2) is 13.8. The van der Waals surface area contributed by atoms with Crippen LogP contribution in [-0.4, -0.2) is 0 Å². The van der Waals surface area contributed by atoms with Gasteiger partial charge in [-0.3, -0.25) is 0 Å².